The van der Waals surface area contributed by atoms with Crippen LogP contribution in [0.2, 0.25) is 5.02 Å². The number of halogens is 1. The molecule has 1 amide bonds. The Bertz CT molecular complexity index is 610. The molecule has 7 heteroatoms. The predicted molar refractivity (Wildman–Crippen MR) is 70.9 cm³/mol. The van der Waals surface area contributed by atoms with Gasteiger partial charge in [-0.1, -0.05) is 17.7 Å². The minimum atomic E-state index is -0.286. The van der Waals surface area contributed by atoms with Gasteiger partial charge in [0, 0.05) is 17.6 Å². The maximum Gasteiger partial charge on any atom is 0.252 e. The number of tetrazole rings is 1. The van der Waals surface area contributed by atoms with E-state index in [9.17, 15) is 4.79 Å². The van der Waals surface area contributed by atoms with Crippen molar-refractivity contribution in [2.24, 2.45) is 7.05 Å². The van der Waals surface area contributed by atoms with E-state index in [0.717, 1.165) is 5.56 Å². The van der Waals surface area contributed by atoms with E-state index >= 15 is 0 Å². The van der Waals surface area contributed by atoms with E-state index < -0.39 is 0 Å². The summed E-state index contributed by atoms with van der Waals surface area (Å²) < 4.78 is 1.52. The predicted octanol–water partition coefficient (Wildman–Crippen LogP) is 1.66. The van der Waals surface area contributed by atoms with Crippen molar-refractivity contribution in [3.05, 3.63) is 40.2 Å². The number of aryl methyl sites for hydroxylation is 1. The van der Waals surface area contributed by atoms with Gasteiger partial charge in [0.15, 0.2) is 5.82 Å². The molecule has 1 heterocycles. The van der Waals surface area contributed by atoms with Crippen LogP contribution in [0.1, 0.15) is 34.7 Å². The first-order chi connectivity index (χ1) is 9.00. The second-order valence-electron chi connectivity index (χ2n) is 4.27. The maximum absolute atomic E-state index is 12.2. The third kappa shape index (κ3) is 2.73. The summed E-state index contributed by atoms with van der Waals surface area (Å²) in [6.07, 6.45) is 0. The lowest BCUT2D eigenvalue weighted by Gasteiger charge is -2.13. The third-order valence-corrected chi connectivity index (χ3v) is 3.31. The fraction of sp³-hybridized carbons (Fsp3) is 0.333. The highest BCUT2D eigenvalue weighted by Gasteiger charge is 2.17. The third-order valence-electron chi connectivity index (χ3n) is 2.90. The molecule has 6 nitrogen and oxygen atoms in total. The van der Waals surface area contributed by atoms with Gasteiger partial charge in [0.05, 0.1) is 6.04 Å². The fourth-order valence-electron chi connectivity index (χ4n) is 1.80. The molecule has 2 aromatic rings. The molecular formula is C12H14ClN5O. The van der Waals surface area contributed by atoms with Gasteiger partial charge in [0.25, 0.3) is 5.91 Å². The molecule has 0 aliphatic rings. The number of carbonyl (C=O) groups excluding carboxylic acids is 1. The van der Waals surface area contributed by atoms with E-state index in [-0.39, 0.29) is 11.9 Å². The quantitative estimate of drug-likeness (QED) is 0.927. The molecule has 0 saturated carbocycles. The normalized spacial score (nSPS) is 12.2. The first kappa shape index (κ1) is 13.5. The number of benzene rings is 1. The molecule has 0 saturated heterocycles. The summed E-state index contributed by atoms with van der Waals surface area (Å²) in [5.41, 5.74) is 1.31. The first-order valence-corrected chi connectivity index (χ1v) is 6.16. The second-order valence-corrected chi connectivity index (χ2v) is 4.68. The Morgan fingerprint density at radius 1 is 1.47 bits per heavy atom. The van der Waals surface area contributed by atoms with E-state index in [0.29, 0.717) is 16.4 Å². The molecular weight excluding hydrogens is 266 g/mol. The summed E-state index contributed by atoms with van der Waals surface area (Å²) >= 11 is 6.00. The number of rotatable bonds is 3. The average Bonchev–Trinajstić information content (AvgIpc) is 2.79. The van der Waals surface area contributed by atoms with Gasteiger partial charge in [-0.15, -0.1) is 5.10 Å². The van der Waals surface area contributed by atoms with Crippen LogP contribution >= 0.6 is 11.6 Å². The number of aromatic nitrogens is 4. The van der Waals surface area contributed by atoms with Gasteiger partial charge in [0.1, 0.15) is 0 Å². The smallest absolute Gasteiger partial charge is 0.252 e. The highest BCUT2D eigenvalue weighted by Crippen LogP contribution is 2.19. The number of amides is 1. The number of hydrogen-bond donors (Lipinski definition) is 1. The van der Waals surface area contributed by atoms with E-state index in [1.807, 2.05) is 13.8 Å². The molecule has 1 N–H and O–H groups in total. The van der Waals surface area contributed by atoms with Gasteiger partial charge in [-0.3, -0.25) is 4.79 Å². The Morgan fingerprint density at radius 2 is 2.21 bits per heavy atom. The highest BCUT2D eigenvalue weighted by atomic mass is 35.5. The minimum Gasteiger partial charge on any atom is -0.342 e. The van der Waals surface area contributed by atoms with Crippen molar-refractivity contribution >= 4 is 17.5 Å². The molecule has 0 spiro atoms. The van der Waals surface area contributed by atoms with Crippen molar-refractivity contribution in [1.82, 2.24) is 25.5 Å². The van der Waals surface area contributed by atoms with Crippen LogP contribution < -0.4 is 5.32 Å². The highest BCUT2D eigenvalue weighted by molar-refractivity contribution is 6.31. The molecule has 0 bridgehead atoms. The summed E-state index contributed by atoms with van der Waals surface area (Å²) in [6, 6.07) is 4.95. The fourth-order valence-corrected chi connectivity index (χ4v) is 1.97. The first-order valence-electron chi connectivity index (χ1n) is 5.79. The van der Waals surface area contributed by atoms with Crippen LogP contribution in [0.3, 0.4) is 0 Å². The van der Waals surface area contributed by atoms with Crippen molar-refractivity contribution < 1.29 is 4.79 Å². The van der Waals surface area contributed by atoms with Gasteiger partial charge in [-0.05, 0) is 42.0 Å². The molecule has 1 aromatic heterocycles. The Labute approximate surface area is 115 Å². The Balaban J connectivity index is 2.18. The molecule has 2 rings (SSSR count). The molecule has 100 valence electrons. The molecule has 1 aromatic carbocycles. The van der Waals surface area contributed by atoms with Crippen LogP contribution in [0.25, 0.3) is 0 Å². The minimum absolute atomic E-state index is 0.199. The van der Waals surface area contributed by atoms with E-state index in [2.05, 4.69) is 20.8 Å². The van der Waals surface area contributed by atoms with Crippen LogP contribution in [0.5, 0.6) is 0 Å². The summed E-state index contributed by atoms with van der Waals surface area (Å²) in [5.74, 6) is 0.392. The molecule has 0 fully saturated rings. The lowest BCUT2D eigenvalue weighted by molar-refractivity contribution is 0.0937. The molecule has 0 radical (unpaired) electrons. The summed E-state index contributed by atoms with van der Waals surface area (Å²) in [4.78, 5) is 12.2. The molecule has 0 aliphatic heterocycles. The molecule has 0 aliphatic carbocycles. The monoisotopic (exact) mass is 279 g/mol. The van der Waals surface area contributed by atoms with Gasteiger partial charge in [0.2, 0.25) is 0 Å². The zero-order valence-electron chi connectivity index (χ0n) is 10.9. The van der Waals surface area contributed by atoms with Crippen molar-refractivity contribution in [2.75, 3.05) is 0 Å². The van der Waals surface area contributed by atoms with Gasteiger partial charge >= 0.3 is 0 Å². The summed E-state index contributed by atoms with van der Waals surface area (Å²) in [5, 5.41) is 14.6. The average molecular weight is 280 g/mol. The van der Waals surface area contributed by atoms with Crippen LogP contribution in [0.15, 0.2) is 18.2 Å². The van der Waals surface area contributed by atoms with E-state index in [4.69, 9.17) is 11.6 Å². The van der Waals surface area contributed by atoms with Gasteiger partial charge in [-0.25, -0.2) is 4.68 Å². The topological polar surface area (TPSA) is 72.7 Å². The van der Waals surface area contributed by atoms with E-state index in [1.54, 1.807) is 25.2 Å². The van der Waals surface area contributed by atoms with Crippen LogP contribution in [-0.2, 0) is 7.05 Å². The van der Waals surface area contributed by atoms with Crippen molar-refractivity contribution in [3.63, 3.8) is 0 Å². The van der Waals surface area contributed by atoms with Crippen molar-refractivity contribution in [3.8, 4) is 0 Å². The summed E-state index contributed by atoms with van der Waals surface area (Å²) in [7, 11) is 1.72. The zero-order chi connectivity index (χ0) is 14.0. The van der Waals surface area contributed by atoms with Crippen molar-refractivity contribution in [1.29, 1.82) is 0 Å². The molecule has 19 heavy (non-hydrogen) atoms. The van der Waals surface area contributed by atoms with Crippen molar-refractivity contribution in [2.45, 2.75) is 19.9 Å². The van der Waals surface area contributed by atoms with Crippen LogP contribution in [0.4, 0.5) is 0 Å². The van der Waals surface area contributed by atoms with Gasteiger partial charge < -0.3 is 5.32 Å². The molecule has 0 unspecified atom stereocenters. The lowest BCUT2D eigenvalue weighted by Crippen LogP contribution is -2.29. The van der Waals surface area contributed by atoms with Gasteiger partial charge in [-0.2, -0.15) is 0 Å². The maximum atomic E-state index is 12.2. The lowest BCUT2D eigenvalue weighted by atomic mass is 10.1. The largest absolute Gasteiger partial charge is 0.342 e. The number of nitrogens with zero attached hydrogens (tertiary/aromatic N) is 4. The molecule has 1 atom stereocenters. The standard InChI is InChI=1S/C12H14ClN5O/c1-7-9(5-4-6-10(7)13)12(19)14-8(2)11-15-16-17-18(11)3/h4-6,8H,1-3H3,(H,14,19)/t8-/m1/s1. The SMILES string of the molecule is Cc1c(Cl)cccc1C(=O)N[C@H](C)c1nnnn1C. The Kier molecular flexibility index (Phi) is 3.80. The second kappa shape index (κ2) is 5.36. The Morgan fingerprint density at radius 3 is 2.84 bits per heavy atom. The Hall–Kier alpha value is -1.95. The van der Waals surface area contributed by atoms with Crippen LogP contribution in [-0.4, -0.2) is 26.1 Å². The number of nitrogens with one attached hydrogen (secondary N) is 1. The zero-order valence-corrected chi connectivity index (χ0v) is 11.6. The van der Waals surface area contributed by atoms with Crippen LogP contribution in [0, 0.1) is 6.92 Å². The number of carbonyl (C=O) groups is 1. The van der Waals surface area contributed by atoms with E-state index in [1.165, 1.54) is 4.68 Å². The number of hydrogen-bond acceptors (Lipinski definition) is 4. The summed E-state index contributed by atoms with van der Waals surface area (Å²) in [6.45, 7) is 3.63.